The number of ether oxygens (including phenoxy) is 1. The van der Waals surface area contributed by atoms with Gasteiger partial charge in [-0.3, -0.25) is 9.69 Å². The second-order valence-electron chi connectivity index (χ2n) is 6.54. The molecule has 1 fully saturated rings. The van der Waals surface area contributed by atoms with E-state index in [-0.39, 0.29) is 17.4 Å². The molecule has 2 aliphatic rings. The number of hydrogen-bond acceptors (Lipinski definition) is 4. The number of carbonyl (C=O) groups excluding carboxylic acids is 2. The van der Waals surface area contributed by atoms with E-state index in [1.165, 1.54) is 13.0 Å². The number of carbonyl (C=O) groups is 2. The number of ketones is 1. The minimum Gasteiger partial charge on any atom is -0.447 e. The average Bonchev–Trinajstić information content (AvgIpc) is 3.06. The Balaban J connectivity index is 1.69. The summed E-state index contributed by atoms with van der Waals surface area (Å²) in [5.41, 5.74) is 3.83. The molecular weight excluding hydrogens is 335 g/mol. The third-order valence-corrected chi connectivity index (χ3v) is 4.98. The summed E-state index contributed by atoms with van der Waals surface area (Å²) < 4.78 is 19.2. The predicted molar refractivity (Wildman–Crippen MR) is 96.3 cm³/mol. The summed E-state index contributed by atoms with van der Waals surface area (Å²) in [7, 11) is 0. The van der Waals surface area contributed by atoms with Gasteiger partial charge in [-0.2, -0.15) is 0 Å². The smallest absolute Gasteiger partial charge is 0.414 e. The molecule has 2 aromatic carbocycles. The first-order valence-corrected chi connectivity index (χ1v) is 8.65. The third-order valence-electron chi connectivity index (χ3n) is 4.98. The van der Waals surface area contributed by atoms with Gasteiger partial charge < -0.3 is 9.64 Å². The molecule has 134 valence electrons. The van der Waals surface area contributed by atoms with Crippen molar-refractivity contribution in [1.29, 1.82) is 0 Å². The maximum absolute atomic E-state index is 14.2. The molecular formula is C20H19FN2O3. The maximum atomic E-state index is 14.2. The van der Waals surface area contributed by atoms with Crippen molar-refractivity contribution in [3.8, 4) is 0 Å². The lowest BCUT2D eigenvalue weighted by Crippen LogP contribution is -2.34. The highest BCUT2D eigenvalue weighted by Crippen LogP contribution is 2.34. The van der Waals surface area contributed by atoms with Gasteiger partial charge in [0.05, 0.1) is 23.5 Å². The molecule has 0 atom stereocenters. The van der Waals surface area contributed by atoms with Crippen molar-refractivity contribution in [3.63, 3.8) is 0 Å². The normalized spacial score (nSPS) is 16.5. The number of nitrogens with zero attached hydrogens (tertiary/aromatic N) is 2. The van der Waals surface area contributed by atoms with E-state index in [0.29, 0.717) is 38.3 Å². The largest absolute Gasteiger partial charge is 0.447 e. The molecule has 2 aromatic rings. The van der Waals surface area contributed by atoms with Crippen LogP contribution in [0.4, 0.5) is 20.6 Å². The molecule has 0 saturated carbocycles. The van der Waals surface area contributed by atoms with Gasteiger partial charge in [0.2, 0.25) is 0 Å². The monoisotopic (exact) mass is 354 g/mol. The van der Waals surface area contributed by atoms with Crippen molar-refractivity contribution in [2.75, 3.05) is 29.5 Å². The van der Waals surface area contributed by atoms with E-state index in [4.69, 9.17) is 4.74 Å². The van der Waals surface area contributed by atoms with E-state index < -0.39 is 5.82 Å². The van der Waals surface area contributed by atoms with Crippen LogP contribution in [0.25, 0.3) is 0 Å². The summed E-state index contributed by atoms with van der Waals surface area (Å²) >= 11 is 0. The van der Waals surface area contributed by atoms with Crippen molar-refractivity contribution in [2.24, 2.45) is 0 Å². The molecule has 0 radical (unpaired) electrons. The summed E-state index contributed by atoms with van der Waals surface area (Å²) in [6, 6.07) is 10.6. The fourth-order valence-corrected chi connectivity index (χ4v) is 3.78. The van der Waals surface area contributed by atoms with Gasteiger partial charge in [0.1, 0.15) is 12.4 Å². The van der Waals surface area contributed by atoms with Gasteiger partial charge in [-0.15, -0.1) is 0 Å². The van der Waals surface area contributed by atoms with Crippen LogP contribution < -0.4 is 9.80 Å². The summed E-state index contributed by atoms with van der Waals surface area (Å²) in [6.07, 6.45) is 0.396. The van der Waals surface area contributed by atoms with Gasteiger partial charge in [0.25, 0.3) is 0 Å². The van der Waals surface area contributed by atoms with Crippen LogP contribution in [-0.4, -0.2) is 31.6 Å². The molecule has 2 aliphatic heterocycles. The van der Waals surface area contributed by atoms with E-state index in [1.807, 2.05) is 23.1 Å². The highest BCUT2D eigenvalue weighted by Gasteiger charge is 2.29. The predicted octanol–water partition coefficient (Wildman–Crippen LogP) is 3.55. The van der Waals surface area contributed by atoms with Crippen molar-refractivity contribution in [3.05, 3.63) is 58.9 Å². The fourth-order valence-electron chi connectivity index (χ4n) is 3.78. The maximum Gasteiger partial charge on any atom is 0.414 e. The molecule has 0 spiro atoms. The Kier molecular flexibility index (Phi) is 4.11. The molecule has 0 unspecified atom stereocenters. The quantitative estimate of drug-likeness (QED) is 0.791. The van der Waals surface area contributed by atoms with Crippen molar-refractivity contribution in [1.82, 2.24) is 0 Å². The van der Waals surface area contributed by atoms with Crippen LogP contribution in [0.1, 0.15) is 28.4 Å². The number of anilines is 2. The van der Waals surface area contributed by atoms with Gasteiger partial charge in [-0.05, 0) is 42.7 Å². The van der Waals surface area contributed by atoms with Crippen LogP contribution in [0, 0.1) is 5.82 Å². The van der Waals surface area contributed by atoms with Crippen molar-refractivity contribution >= 4 is 23.3 Å². The number of halogens is 1. The number of rotatable bonds is 3. The number of Topliss-reactive ketones (excluding diaryl/α,β-unsaturated/α-hetero) is 1. The summed E-state index contributed by atoms with van der Waals surface area (Å²) in [4.78, 5) is 27.5. The summed E-state index contributed by atoms with van der Waals surface area (Å²) in [5, 5.41) is 0. The Morgan fingerprint density at radius 1 is 1.12 bits per heavy atom. The molecule has 4 rings (SSSR count). The minimum absolute atomic E-state index is 0.134. The fraction of sp³-hybridized carbons (Fsp3) is 0.300. The average molecular weight is 354 g/mol. The minimum atomic E-state index is -0.491. The molecule has 0 aromatic heterocycles. The first-order chi connectivity index (χ1) is 12.6. The first-order valence-electron chi connectivity index (χ1n) is 8.65. The Hall–Kier alpha value is -2.89. The number of hydrogen-bond donors (Lipinski definition) is 0. The number of cyclic esters (lactones) is 1. The van der Waals surface area contributed by atoms with E-state index in [0.717, 1.165) is 16.8 Å². The van der Waals surface area contributed by atoms with Crippen LogP contribution >= 0.6 is 0 Å². The number of fused-ring (bicyclic) bond motifs is 1. The van der Waals surface area contributed by atoms with Gasteiger partial charge in [-0.1, -0.05) is 18.2 Å². The molecule has 1 amide bonds. The molecule has 0 bridgehead atoms. The molecule has 2 heterocycles. The van der Waals surface area contributed by atoms with Crippen LogP contribution in [0.2, 0.25) is 0 Å². The zero-order chi connectivity index (χ0) is 18.3. The molecule has 6 heteroatoms. The van der Waals surface area contributed by atoms with Crippen LogP contribution in [0.5, 0.6) is 0 Å². The Labute approximate surface area is 151 Å². The SMILES string of the molecule is CC(=O)c1c(F)cccc1N1CCc2c(cccc2N2CCOC2=O)C1. The number of amides is 1. The van der Waals surface area contributed by atoms with Gasteiger partial charge in [-0.25, -0.2) is 9.18 Å². The Bertz CT molecular complexity index is 897. The van der Waals surface area contributed by atoms with Crippen molar-refractivity contribution in [2.45, 2.75) is 19.9 Å². The van der Waals surface area contributed by atoms with Crippen LogP contribution in [0.3, 0.4) is 0 Å². The first kappa shape index (κ1) is 16.6. The van der Waals surface area contributed by atoms with Crippen LogP contribution in [0.15, 0.2) is 36.4 Å². The highest BCUT2D eigenvalue weighted by molar-refractivity contribution is 6.00. The second kappa shape index (κ2) is 6.44. The lowest BCUT2D eigenvalue weighted by molar-refractivity contribution is 0.101. The number of benzene rings is 2. The lowest BCUT2D eigenvalue weighted by atomic mass is 9.95. The van der Waals surface area contributed by atoms with E-state index in [2.05, 4.69) is 0 Å². The lowest BCUT2D eigenvalue weighted by Gasteiger charge is -2.33. The Morgan fingerprint density at radius 3 is 2.62 bits per heavy atom. The zero-order valence-electron chi connectivity index (χ0n) is 14.5. The van der Waals surface area contributed by atoms with Crippen LogP contribution in [-0.2, 0) is 17.7 Å². The molecule has 5 nitrogen and oxygen atoms in total. The third kappa shape index (κ3) is 2.71. The molecule has 1 saturated heterocycles. The summed E-state index contributed by atoms with van der Waals surface area (Å²) in [5.74, 6) is -0.771. The molecule has 0 aliphatic carbocycles. The highest BCUT2D eigenvalue weighted by atomic mass is 19.1. The van der Waals surface area contributed by atoms with E-state index >= 15 is 0 Å². The molecule has 0 N–H and O–H groups in total. The van der Waals surface area contributed by atoms with Gasteiger partial charge in [0.15, 0.2) is 5.78 Å². The standard InChI is InChI=1S/C20H19FN2O3/c1-13(24)19-16(21)5-3-7-18(19)22-9-8-15-14(12-22)4-2-6-17(15)23-10-11-26-20(23)25/h2-7H,8-12H2,1H3. The van der Waals surface area contributed by atoms with Crippen molar-refractivity contribution < 1.29 is 18.7 Å². The topological polar surface area (TPSA) is 49.9 Å². The van der Waals surface area contributed by atoms with E-state index in [9.17, 15) is 14.0 Å². The second-order valence-corrected chi connectivity index (χ2v) is 6.54. The Morgan fingerprint density at radius 2 is 1.88 bits per heavy atom. The van der Waals surface area contributed by atoms with E-state index in [1.54, 1.807) is 17.0 Å². The van der Waals surface area contributed by atoms with Gasteiger partial charge in [0, 0.05) is 13.1 Å². The van der Waals surface area contributed by atoms with Gasteiger partial charge >= 0.3 is 6.09 Å². The summed E-state index contributed by atoms with van der Waals surface area (Å²) in [6.45, 7) is 3.56. The molecule has 26 heavy (non-hydrogen) atoms. The zero-order valence-corrected chi connectivity index (χ0v) is 14.5.